The van der Waals surface area contributed by atoms with Crippen LogP contribution in [0.1, 0.15) is 50.8 Å². The summed E-state index contributed by atoms with van der Waals surface area (Å²) in [6.07, 6.45) is 1.16. The Kier molecular flexibility index (Phi) is 7.18. The van der Waals surface area contributed by atoms with E-state index in [0.29, 0.717) is 18.5 Å². The van der Waals surface area contributed by atoms with Gasteiger partial charge < -0.3 is 20.3 Å². The van der Waals surface area contributed by atoms with Crippen molar-refractivity contribution in [3.05, 3.63) is 65.7 Å². The van der Waals surface area contributed by atoms with Crippen molar-refractivity contribution < 1.29 is 19.1 Å². The molecule has 7 nitrogen and oxygen atoms in total. The van der Waals surface area contributed by atoms with E-state index in [1.54, 1.807) is 31.7 Å². The van der Waals surface area contributed by atoms with Crippen molar-refractivity contribution in [3.63, 3.8) is 0 Å². The van der Waals surface area contributed by atoms with Gasteiger partial charge in [0.2, 0.25) is 5.91 Å². The second kappa shape index (κ2) is 9.85. The first-order valence-corrected chi connectivity index (χ1v) is 10.8. The second-order valence-electron chi connectivity index (χ2n) is 9.03. The minimum absolute atomic E-state index is 0.222. The Labute approximate surface area is 189 Å². The minimum atomic E-state index is -0.687. The Morgan fingerprint density at radius 2 is 1.75 bits per heavy atom. The fourth-order valence-electron chi connectivity index (χ4n) is 3.91. The summed E-state index contributed by atoms with van der Waals surface area (Å²) in [5.74, 6) is -0.750. The molecule has 1 fully saturated rings. The Morgan fingerprint density at radius 1 is 1.03 bits per heavy atom. The number of hydrogen-bond donors (Lipinski definition) is 2. The number of carbonyl (C=O) groups is 3. The number of rotatable bonds is 5. The fourth-order valence-corrected chi connectivity index (χ4v) is 3.91. The number of nitrogens with one attached hydrogen (secondary N) is 2. The van der Waals surface area contributed by atoms with Crippen LogP contribution in [0, 0.1) is 6.92 Å². The van der Waals surface area contributed by atoms with Gasteiger partial charge in [0, 0.05) is 5.69 Å². The molecule has 3 amide bonds. The van der Waals surface area contributed by atoms with Gasteiger partial charge in [0.1, 0.15) is 11.6 Å². The highest BCUT2D eigenvalue weighted by Crippen LogP contribution is 2.37. The number of nitrogens with zero attached hydrogens (tertiary/aromatic N) is 1. The predicted octanol–water partition coefficient (Wildman–Crippen LogP) is 4.19. The molecule has 0 spiro atoms. The van der Waals surface area contributed by atoms with Gasteiger partial charge in [-0.3, -0.25) is 4.79 Å². The zero-order chi connectivity index (χ0) is 23.3. The Hall–Kier alpha value is -3.35. The third-order valence-corrected chi connectivity index (χ3v) is 5.21. The summed E-state index contributed by atoms with van der Waals surface area (Å²) < 4.78 is 5.57. The molecule has 2 aromatic rings. The number of hydrogen-bond acceptors (Lipinski definition) is 4. The van der Waals surface area contributed by atoms with Gasteiger partial charge in [0.25, 0.3) is 0 Å². The summed E-state index contributed by atoms with van der Waals surface area (Å²) in [4.78, 5) is 39.9. The van der Waals surface area contributed by atoms with Gasteiger partial charge in [-0.1, -0.05) is 42.5 Å². The molecule has 2 N–H and O–H groups in total. The number of carbonyl (C=O) groups excluding carboxylic acids is 3. The average Bonchev–Trinajstić information content (AvgIpc) is 3.17. The van der Waals surface area contributed by atoms with E-state index < -0.39 is 23.6 Å². The molecule has 2 atom stereocenters. The molecule has 0 saturated carbocycles. The van der Waals surface area contributed by atoms with Crippen LogP contribution in [-0.2, 0) is 14.3 Å². The lowest BCUT2D eigenvalue weighted by atomic mass is 10.0. The summed E-state index contributed by atoms with van der Waals surface area (Å²) in [6.45, 7) is 7.12. The Bertz CT molecular complexity index is 969. The number of ether oxygens (including phenoxy) is 1. The zero-order valence-electron chi connectivity index (χ0n) is 19.1. The van der Waals surface area contributed by atoms with Crippen molar-refractivity contribution in [2.45, 2.75) is 58.2 Å². The quantitative estimate of drug-likeness (QED) is 0.687. The molecule has 1 aliphatic rings. The molecule has 2 aromatic carbocycles. The van der Waals surface area contributed by atoms with E-state index in [-0.39, 0.29) is 18.5 Å². The second-order valence-corrected chi connectivity index (χ2v) is 9.03. The molecule has 32 heavy (non-hydrogen) atoms. The van der Waals surface area contributed by atoms with Gasteiger partial charge in [-0.2, -0.15) is 0 Å². The highest BCUT2D eigenvalue weighted by molar-refractivity contribution is 5.93. The maximum atomic E-state index is 13.2. The molecule has 0 aromatic heterocycles. The maximum absolute atomic E-state index is 13.2. The van der Waals surface area contributed by atoms with E-state index in [0.717, 1.165) is 11.1 Å². The largest absolute Gasteiger partial charge is 0.458 e. The SMILES string of the molecule is Cc1cccc(NC(=O)NCC(=O)N2C(C(=O)OC(C)(C)C)CCC2c2ccccc2)c1. The van der Waals surface area contributed by atoms with E-state index in [1.807, 2.05) is 55.5 Å². The topological polar surface area (TPSA) is 87.7 Å². The standard InChI is InChI=1S/C25H31N3O4/c1-17-9-8-12-19(15-17)27-24(31)26-16-22(29)28-20(18-10-6-5-7-11-18)13-14-21(28)23(30)32-25(2,3)4/h5-12,15,20-21H,13-14,16H2,1-4H3,(H2,26,27,31). The Morgan fingerprint density at radius 3 is 2.41 bits per heavy atom. The van der Waals surface area contributed by atoms with E-state index in [9.17, 15) is 14.4 Å². The maximum Gasteiger partial charge on any atom is 0.329 e. The third kappa shape index (κ3) is 6.09. The molecule has 1 saturated heterocycles. The van der Waals surface area contributed by atoms with Crippen molar-refractivity contribution in [2.75, 3.05) is 11.9 Å². The van der Waals surface area contributed by atoms with Crippen LogP contribution >= 0.6 is 0 Å². The third-order valence-electron chi connectivity index (χ3n) is 5.21. The van der Waals surface area contributed by atoms with Crippen LogP contribution in [0.2, 0.25) is 0 Å². The van der Waals surface area contributed by atoms with Crippen molar-refractivity contribution in [1.29, 1.82) is 0 Å². The number of esters is 1. The first-order chi connectivity index (χ1) is 15.1. The molecule has 2 unspecified atom stereocenters. The van der Waals surface area contributed by atoms with Crippen LogP contribution in [0.4, 0.5) is 10.5 Å². The Balaban J connectivity index is 1.71. The minimum Gasteiger partial charge on any atom is -0.458 e. The van der Waals surface area contributed by atoms with Gasteiger partial charge in [-0.15, -0.1) is 0 Å². The van der Waals surface area contributed by atoms with Crippen molar-refractivity contribution in [3.8, 4) is 0 Å². The van der Waals surface area contributed by atoms with E-state index >= 15 is 0 Å². The number of likely N-dealkylation sites (tertiary alicyclic amines) is 1. The van der Waals surface area contributed by atoms with Crippen molar-refractivity contribution in [2.24, 2.45) is 0 Å². The molecule has 3 rings (SSSR count). The van der Waals surface area contributed by atoms with E-state index in [4.69, 9.17) is 4.74 Å². The molecule has 170 valence electrons. The zero-order valence-corrected chi connectivity index (χ0v) is 19.1. The molecule has 0 radical (unpaired) electrons. The molecular weight excluding hydrogens is 406 g/mol. The first-order valence-electron chi connectivity index (χ1n) is 10.8. The summed E-state index contributed by atoms with van der Waals surface area (Å²) in [5.41, 5.74) is 1.96. The summed E-state index contributed by atoms with van der Waals surface area (Å²) in [7, 11) is 0. The van der Waals surface area contributed by atoms with Gasteiger partial charge in [-0.05, 0) is 63.8 Å². The highest BCUT2D eigenvalue weighted by Gasteiger charge is 2.43. The first kappa shape index (κ1) is 23.3. The summed E-state index contributed by atoms with van der Waals surface area (Å²) in [5, 5.41) is 5.34. The predicted molar refractivity (Wildman–Crippen MR) is 123 cm³/mol. The van der Waals surface area contributed by atoms with Gasteiger partial charge >= 0.3 is 12.0 Å². The number of benzene rings is 2. The van der Waals surface area contributed by atoms with E-state index in [2.05, 4.69) is 10.6 Å². The molecule has 0 aliphatic carbocycles. The van der Waals surface area contributed by atoms with Crippen LogP contribution in [-0.4, -0.2) is 41.0 Å². The van der Waals surface area contributed by atoms with Crippen LogP contribution < -0.4 is 10.6 Å². The lowest BCUT2D eigenvalue weighted by Gasteiger charge is -2.31. The van der Waals surface area contributed by atoms with Crippen LogP contribution in [0.25, 0.3) is 0 Å². The van der Waals surface area contributed by atoms with Crippen molar-refractivity contribution >= 4 is 23.6 Å². The lowest BCUT2D eigenvalue weighted by Crippen LogP contribution is -2.48. The number of aryl methyl sites for hydroxylation is 1. The molecular formula is C25H31N3O4. The molecule has 1 heterocycles. The lowest BCUT2D eigenvalue weighted by molar-refractivity contribution is -0.164. The van der Waals surface area contributed by atoms with Crippen LogP contribution in [0.5, 0.6) is 0 Å². The van der Waals surface area contributed by atoms with Crippen LogP contribution in [0.3, 0.4) is 0 Å². The highest BCUT2D eigenvalue weighted by atomic mass is 16.6. The normalized spacial score (nSPS) is 18.2. The van der Waals surface area contributed by atoms with Gasteiger partial charge in [-0.25, -0.2) is 9.59 Å². The fraction of sp³-hybridized carbons (Fsp3) is 0.400. The average molecular weight is 438 g/mol. The summed E-state index contributed by atoms with van der Waals surface area (Å²) >= 11 is 0. The number of amides is 3. The summed E-state index contributed by atoms with van der Waals surface area (Å²) in [6, 6.07) is 15.6. The molecule has 0 bridgehead atoms. The smallest absolute Gasteiger partial charge is 0.329 e. The number of anilines is 1. The van der Waals surface area contributed by atoms with E-state index in [1.165, 1.54) is 0 Å². The number of urea groups is 1. The van der Waals surface area contributed by atoms with Gasteiger partial charge in [0.05, 0.1) is 12.6 Å². The van der Waals surface area contributed by atoms with Gasteiger partial charge in [0.15, 0.2) is 0 Å². The molecule has 7 heteroatoms. The van der Waals surface area contributed by atoms with Crippen LogP contribution in [0.15, 0.2) is 54.6 Å². The monoisotopic (exact) mass is 437 g/mol. The van der Waals surface area contributed by atoms with Crippen molar-refractivity contribution in [1.82, 2.24) is 10.2 Å². The molecule has 1 aliphatic heterocycles.